The van der Waals surface area contributed by atoms with Crippen LogP contribution in [0.3, 0.4) is 0 Å². The Bertz CT molecular complexity index is 565. The molecule has 1 amide bonds. The Balaban J connectivity index is 2.11. The van der Waals surface area contributed by atoms with E-state index >= 15 is 0 Å². The molecule has 1 heterocycles. The smallest absolute Gasteiger partial charge is 0.222 e. The largest absolute Gasteiger partial charge is 0.489 e. The van der Waals surface area contributed by atoms with E-state index in [-0.39, 0.29) is 5.91 Å². The lowest BCUT2D eigenvalue weighted by atomic mass is 10.1. The number of fused-ring (bicyclic) bond motifs is 1. The third kappa shape index (κ3) is 7.63. The Morgan fingerprint density at radius 3 is 2.54 bits per heavy atom. The summed E-state index contributed by atoms with van der Waals surface area (Å²) in [4.78, 5) is 14.8. The van der Waals surface area contributed by atoms with E-state index in [9.17, 15) is 4.79 Å². The van der Waals surface area contributed by atoms with Gasteiger partial charge in [-0.25, -0.2) is 0 Å². The van der Waals surface area contributed by atoms with Gasteiger partial charge in [-0.1, -0.05) is 69.9 Å². The molecule has 1 aliphatic rings. The fourth-order valence-electron chi connectivity index (χ4n) is 3.40. The van der Waals surface area contributed by atoms with Crippen LogP contribution in [0.5, 0.6) is 5.75 Å². The molecule has 0 saturated heterocycles. The first-order valence-electron chi connectivity index (χ1n) is 10.3. The summed E-state index contributed by atoms with van der Waals surface area (Å²) in [6, 6.07) is 8.11. The van der Waals surface area contributed by atoms with Crippen molar-refractivity contribution in [2.45, 2.75) is 71.8 Å². The topological polar surface area (TPSA) is 29.5 Å². The molecular formula is C23H35NO2. The van der Waals surface area contributed by atoms with E-state index in [1.807, 2.05) is 23.1 Å². The number of ether oxygens (including phenoxy) is 1. The standard InChI is InChI=1S/C23H35NO2/c1-20(2)18-24-19-21-14-11-12-15-22(21)26-17-13-9-7-5-3-4-6-8-10-16-23(24)25/h9,11-15,20H,3-8,10,16-19H2,1-2H3/b13-9+. The Morgan fingerprint density at radius 1 is 1.00 bits per heavy atom. The van der Waals surface area contributed by atoms with Crippen LogP contribution < -0.4 is 4.74 Å². The second-order valence-corrected chi connectivity index (χ2v) is 7.72. The fourth-order valence-corrected chi connectivity index (χ4v) is 3.40. The summed E-state index contributed by atoms with van der Waals surface area (Å²) in [5.41, 5.74) is 1.10. The number of hydrogen-bond donors (Lipinski definition) is 0. The third-order valence-corrected chi connectivity index (χ3v) is 4.79. The van der Waals surface area contributed by atoms with Gasteiger partial charge in [-0.15, -0.1) is 0 Å². The van der Waals surface area contributed by atoms with Crippen LogP contribution in [-0.4, -0.2) is 24.0 Å². The summed E-state index contributed by atoms with van der Waals surface area (Å²) in [5, 5.41) is 0. The summed E-state index contributed by atoms with van der Waals surface area (Å²) in [6.45, 7) is 6.37. The average Bonchev–Trinajstić information content (AvgIpc) is 2.62. The zero-order chi connectivity index (χ0) is 18.6. The number of para-hydroxylation sites is 1. The minimum Gasteiger partial charge on any atom is -0.489 e. The van der Waals surface area contributed by atoms with Crippen molar-refractivity contribution >= 4 is 5.91 Å². The number of amides is 1. The lowest BCUT2D eigenvalue weighted by Gasteiger charge is -2.26. The Hall–Kier alpha value is -1.77. The van der Waals surface area contributed by atoms with Crippen LogP contribution in [0.4, 0.5) is 0 Å². The van der Waals surface area contributed by atoms with E-state index in [1.165, 1.54) is 25.7 Å². The molecule has 0 atom stereocenters. The molecule has 1 aliphatic heterocycles. The summed E-state index contributed by atoms with van der Waals surface area (Å²) in [7, 11) is 0. The highest BCUT2D eigenvalue weighted by atomic mass is 16.5. The zero-order valence-electron chi connectivity index (χ0n) is 16.6. The minimum absolute atomic E-state index is 0.276. The average molecular weight is 358 g/mol. The van der Waals surface area contributed by atoms with Gasteiger partial charge in [-0.05, 0) is 31.2 Å². The van der Waals surface area contributed by atoms with Gasteiger partial charge in [0.15, 0.2) is 0 Å². The molecule has 1 aromatic carbocycles. The van der Waals surface area contributed by atoms with Gasteiger partial charge in [0.05, 0.1) is 0 Å². The van der Waals surface area contributed by atoms with E-state index in [0.717, 1.165) is 37.1 Å². The first-order valence-corrected chi connectivity index (χ1v) is 10.3. The van der Waals surface area contributed by atoms with E-state index in [2.05, 4.69) is 32.1 Å². The third-order valence-electron chi connectivity index (χ3n) is 4.79. The normalized spacial score (nSPS) is 19.5. The summed E-state index contributed by atoms with van der Waals surface area (Å²) < 4.78 is 5.98. The number of nitrogens with zero attached hydrogens (tertiary/aromatic N) is 1. The van der Waals surface area contributed by atoms with Crippen molar-refractivity contribution in [3.05, 3.63) is 42.0 Å². The maximum Gasteiger partial charge on any atom is 0.222 e. The molecular weight excluding hydrogens is 322 g/mol. The van der Waals surface area contributed by atoms with Crippen LogP contribution in [0.1, 0.15) is 70.8 Å². The van der Waals surface area contributed by atoms with Crippen molar-refractivity contribution in [2.24, 2.45) is 5.92 Å². The summed E-state index contributed by atoms with van der Waals surface area (Å²) >= 11 is 0. The van der Waals surface area contributed by atoms with Gasteiger partial charge in [-0.3, -0.25) is 4.79 Å². The lowest BCUT2D eigenvalue weighted by Crippen LogP contribution is -2.33. The van der Waals surface area contributed by atoms with Crippen molar-refractivity contribution in [2.75, 3.05) is 13.2 Å². The van der Waals surface area contributed by atoms with Gasteiger partial charge in [0.25, 0.3) is 0 Å². The number of hydrogen-bond acceptors (Lipinski definition) is 2. The van der Waals surface area contributed by atoms with Crippen LogP contribution in [0, 0.1) is 5.92 Å². The molecule has 0 aliphatic carbocycles. The van der Waals surface area contributed by atoms with E-state index < -0.39 is 0 Å². The Kier molecular flexibility index (Phi) is 9.30. The first kappa shape index (κ1) is 20.5. The molecule has 0 unspecified atom stereocenters. The molecule has 0 N–H and O–H groups in total. The van der Waals surface area contributed by atoms with Crippen molar-refractivity contribution in [1.29, 1.82) is 0 Å². The molecule has 0 radical (unpaired) electrons. The fraction of sp³-hybridized carbons (Fsp3) is 0.609. The van der Waals surface area contributed by atoms with Gasteiger partial charge >= 0.3 is 0 Å². The molecule has 1 aromatic rings. The molecule has 3 nitrogen and oxygen atoms in total. The van der Waals surface area contributed by atoms with Crippen LogP contribution in [0.2, 0.25) is 0 Å². The molecule has 3 heteroatoms. The van der Waals surface area contributed by atoms with Crippen molar-refractivity contribution in [3.63, 3.8) is 0 Å². The van der Waals surface area contributed by atoms with E-state index in [4.69, 9.17) is 4.74 Å². The molecule has 0 saturated carbocycles. The maximum atomic E-state index is 12.8. The Morgan fingerprint density at radius 2 is 1.73 bits per heavy atom. The quantitative estimate of drug-likeness (QED) is 0.632. The highest BCUT2D eigenvalue weighted by Gasteiger charge is 2.17. The van der Waals surface area contributed by atoms with Crippen molar-refractivity contribution in [3.8, 4) is 5.75 Å². The van der Waals surface area contributed by atoms with Crippen molar-refractivity contribution in [1.82, 2.24) is 4.90 Å². The van der Waals surface area contributed by atoms with E-state index in [1.54, 1.807) is 0 Å². The molecule has 144 valence electrons. The van der Waals surface area contributed by atoms with Gasteiger partial charge < -0.3 is 9.64 Å². The van der Waals surface area contributed by atoms with Crippen LogP contribution in [0.25, 0.3) is 0 Å². The van der Waals surface area contributed by atoms with E-state index in [0.29, 0.717) is 25.5 Å². The summed E-state index contributed by atoms with van der Waals surface area (Å²) in [6.07, 6.45) is 13.4. The molecule has 0 spiro atoms. The first-order chi connectivity index (χ1) is 12.7. The summed E-state index contributed by atoms with van der Waals surface area (Å²) in [5.74, 6) is 1.63. The van der Waals surface area contributed by atoms with Crippen LogP contribution in [-0.2, 0) is 11.3 Å². The number of carbonyl (C=O) groups excluding carboxylic acids is 1. The van der Waals surface area contributed by atoms with Gasteiger partial charge in [-0.2, -0.15) is 0 Å². The predicted octanol–water partition coefficient (Wildman–Crippen LogP) is 5.74. The van der Waals surface area contributed by atoms with Crippen molar-refractivity contribution < 1.29 is 9.53 Å². The predicted molar refractivity (Wildman–Crippen MR) is 108 cm³/mol. The second kappa shape index (κ2) is 11.8. The van der Waals surface area contributed by atoms with Crippen LogP contribution in [0.15, 0.2) is 36.4 Å². The number of rotatable bonds is 2. The van der Waals surface area contributed by atoms with Gasteiger partial charge in [0.2, 0.25) is 5.91 Å². The highest BCUT2D eigenvalue weighted by molar-refractivity contribution is 5.76. The SMILES string of the molecule is CC(C)CN1Cc2ccccc2OC/C=C/CCCCCCCCC1=O. The van der Waals surface area contributed by atoms with Gasteiger partial charge in [0, 0.05) is 25.1 Å². The molecule has 0 aromatic heterocycles. The zero-order valence-corrected chi connectivity index (χ0v) is 16.6. The van der Waals surface area contributed by atoms with Crippen LogP contribution >= 0.6 is 0 Å². The molecule has 26 heavy (non-hydrogen) atoms. The number of benzene rings is 1. The molecule has 2 rings (SSSR count). The van der Waals surface area contributed by atoms with Gasteiger partial charge in [0.1, 0.15) is 12.4 Å². The lowest BCUT2D eigenvalue weighted by molar-refractivity contribution is -0.132. The monoisotopic (exact) mass is 357 g/mol. The highest BCUT2D eigenvalue weighted by Crippen LogP contribution is 2.22. The molecule has 0 bridgehead atoms. The second-order valence-electron chi connectivity index (χ2n) is 7.72. The minimum atomic E-state index is 0.276. The maximum absolute atomic E-state index is 12.8. The Labute approximate surface area is 159 Å². The number of allylic oxidation sites excluding steroid dienone is 1. The number of carbonyl (C=O) groups is 1. The molecule has 0 fully saturated rings.